The van der Waals surface area contributed by atoms with Crippen molar-refractivity contribution in [3.8, 4) is 56.8 Å². The molecule has 7 heterocycles. The van der Waals surface area contributed by atoms with E-state index in [1.165, 1.54) is 25.7 Å². The summed E-state index contributed by atoms with van der Waals surface area (Å²) in [5, 5.41) is 27.3. The minimum absolute atomic E-state index is 0.170. The Kier molecular flexibility index (Phi) is 16.8. The molecule has 0 radical (unpaired) electrons. The molecular weight excluding hydrogens is 1020 g/mol. The van der Waals surface area contributed by atoms with Gasteiger partial charge in [0.2, 0.25) is 0 Å². The molecule has 2 aliphatic carbocycles. The molecule has 5 fully saturated rings. The number of anilines is 2. The molecule has 17 nitrogen and oxygen atoms in total. The van der Waals surface area contributed by atoms with E-state index in [0.717, 1.165) is 125 Å². The fourth-order valence-electron chi connectivity index (χ4n) is 11.2. The lowest BCUT2D eigenvalue weighted by atomic mass is 9.97. The van der Waals surface area contributed by atoms with E-state index in [1.54, 1.807) is 12.1 Å². The minimum Gasteiger partial charge on any atom is -0.491 e. The van der Waals surface area contributed by atoms with E-state index in [4.69, 9.17) is 66.4 Å². The molecule has 6 atom stereocenters. The summed E-state index contributed by atoms with van der Waals surface area (Å²) in [6.45, 7) is 20.6. The number of likely N-dealkylation sites (N-methyl/N-ethyl adjacent to an activating group) is 1. The van der Waals surface area contributed by atoms with Crippen LogP contribution < -0.4 is 20.1 Å². The zero-order valence-electron chi connectivity index (χ0n) is 46.3. The van der Waals surface area contributed by atoms with Crippen LogP contribution in [-0.2, 0) is 4.74 Å². The summed E-state index contributed by atoms with van der Waals surface area (Å²) in [6, 6.07) is 14.3. The number of aromatic nitrogens is 6. The van der Waals surface area contributed by atoms with Crippen molar-refractivity contribution in [1.29, 1.82) is 0 Å². The molecule has 5 aliphatic rings. The van der Waals surface area contributed by atoms with Crippen molar-refractivity contribution in [3.63, 3.8) is 0 Å². The number of aliphatic hydroxyl groups is 1. The SMILES string of the molecule is Cc1noc(C)c1-c1nc(-c2cc(OC[C@H](O)CN(C)C)ccc2Cl)nc(N[C@H]2CCN(C3CC3)[C@@H](C)C2)c1C.Cc1noc(C)c1-c1nc(-c2cc(OC[C@H]3CO3)ccc2Cl)nc(N[C@H]2CCN(C3CC3)[C@@H](C)C2)c1C. The number of aryl methyl sites for hydroxylation is 4. The van der Waals surface area contributed by atoms with Gasteiger partial charge in [-0.05, 0) is 157 Å². The zero-order chi connectivity index (χ0) is 54.2. The van der Waals surface area contributed by atoms with E-state index < -0.39 is 6.10 Å². The molecule has 0 unspecified atom stereocenters. The Labute approximate surface area is 462 Å². The van der Waals surface area contributed by atoms with E-state index in [1.807, 2.05) is 77.9 Å². The van der Waals surface area contributed by atoms with Crippen LogP contribution >= 0.6 is 23.2 Å². The smallest absolute Gasteiger partial charge is 0.163 e. The fourth-order valence-corrected chi connectivity index (χ4v) is 11.6. The normalized spacial score (nSPS) is 22.1. The number of halogens is 2. The lowest BCUT2D eigenvalue weighted by Crippen LogP contribution is -2.46. The number of piperidine rings is 2. The topological polar surface area (TPSA) is 189 Å². The maximum Gasteiger partial charge on any atom is 0.163 e. The number of ether oxygens (including phenoxy) is 3. The summed E-state index contributed by atoms with van der Waals surface area (Å²) in [6.07, 6.45) is 9.21. The van der Waals surface area contributed by atoms with Crippen LogP contribution in [0.1, 0.15) is 99.2 Å². The van der Waals surface area contributed by atoms with Gasteiger partial charge in [0.15, 0.2) is 11.6 Å². The van der Waals surface area contributed by atoms with Crippen LogP contribution in [0.4, 0.5) is 11.6 Å². The molecule has 0 amide bonds. The van der Waals surface area contributed by atoms with Gasteiger partial charge in [0.25, 0.3) is 0 Å². The van der Waals surface area contributed by atoms with E-state index in [2.05, 4.69) is 51.5 Å². The minimum atomic E-state index is -0.611. The lowest BCUT2D eigenvalue weighted by Gasteiger charge is -2.38. The van der Waals surface area contributed by atoms with Crippen LogP contribution in [0.15, 0.2) is 45.4 Å². The Bertz CT molecular complexity index is 3010. The summed E-state index contributed by atoms with van der Waals surface area (Å²) < 4.78 is 28.1. The third kappa shape index (κ3) is 13.0. The van der Waals surface area contributed by atoms with Crippen molar-refractivity contribution < 1.29 is 28.4 Å². The van der Waals surface area contributed by atoms with Crippen molar-refractivity contribution in [2.24, 2.45) is 0 Å². The Morgan fingerprint density at radius 3 is 1.52 bits per heavy atom. The lowest BCUT2D eigenvalue weighted by molar-refractivity contribution is 0.0831. The second-order valence-corrected chi connectivity index (χ2v) is 23.1. The first kappa shape index (κ1) is 54.9. The number of likely N-dealkylation sites (tertiary alicyclic amines) is 2. The Hall–Kier alpha value is -5.40. The van der Waals surface area contributed by atoms with Crippen LogP contribution in [0, 0.1) is 41.5 Å². The second-order valence-electron chi connectivity index (χ2n) is 22.3. The van der Waals surface area contributed by atoms with Gasteiger partial charge in [-0.3, -0.25) is 9.80 Å². The highest BCUT2D eigenvalue weighted by Crippen LogP contribution is 2.41. The summed E-state index contributed by atoms with van der Waals surface area (Å²) in [5.41, 5.74) is 8.24. The van der Waals surface area contributed by atoms with Crippen molar-refractivity contribution in [2.45, 2.75) is 155 Å². The van der Waals surface area contributed by atoms with Crippen LogP contribution in [-0.4, -0.2) is 152 Å². The third-order valence-corrected chi connectivity index (χ3v) is 16.3. The molecule has 19 heteroatoms. The van der Waals surface area contributed by atoms with Gasteiger partial charge in [-0.25, -0.2) is 19.9 Å². The average Bonchev–Trinajstić information content (AvgIpc) is 4.31. The van der Waals surface area contributed by atoms with Gasteiger partial charge < -0.3 is 43.9 Å². The molecule has 3 N–H and O–H groups in total. The van der Waals surface area contributed by atoms with Crippen molar-refractivity contribution in [3.05, 3.63) is 80.5 Å². The maximum absolute atomic E-state index is 10.3. The first-order chi connectivity index (χ1) is 37.0. The standard InChI is InChI=1S/C30H41ClN6O3.C28H34ClN5O3/c1-17-13-21(11-12-37(17)22-7-8-22)32-29-18(2)28(27-19(3)35-40-20(27)4)33-30(34-29)25-14-24(9-10-26(25)31)39-16-23(38)15-36(5)6;1-15-11-19(9-10-34(15)20-5-6-20)30-27-16(2)26(25-17(3)33-37-18(25)4)31-28(32-27)23-12-21(7-8-24(23)29)35-13-22-14-36-22/h9-10,14,17,21-23,38H,7-8,11-13,15-16H2,1-6H3,(H,32,33,34);7-8,12,15,19-20,22H,5-6,9-11,13-14H2,1-4H3,(H,30,31,32)/t17-,21-,23+;15-,19-,22-/m00/s1. The summed E-state index contributed by atoms with van der Waals surface area (Å²) in [4.78, 5) is 27.3. The molecule has 0 bridgehead atoms. The Morgan fingerprint density at radius 2 is 1.13 bits per heavy atom. The van der Waals surface area contributed by atoms with Gasteiger partial charge in [0.05, 0.1) is 50.6 Å². The number of nitrogens with zero attached hydrogens (tertiary/aromatic N) is 9. The number of epoxide rings is 1. The predicted molar refractivity (Wildman–Crippen MR) is 301 cm³/mol. The fraction of sp³-hybridized carbons (Fsp3) is 0.552. The van der Waals surface area contributed by atoms with Crippen molar-refractivity contribution >= 4 is 34.8 Å². The van der Waals surface area contributed by atoms with Gasteiger partial charge in [-0.1, -0.05) is 33.5 Å². The van der Waals surface area contributed by atoms with Gasteiger partial charge in [0, 0.05) is 78.1 Å². The largest absolute Gasteiger partial charge is 0.491 e. The van der Waals surface area contributed by atoms with E-state index in [0.29, 0.717) is 81.8 Å². The maximum atomic E-state index is 10.3. The first-order valence-corrected chi connectivity index (χ1v) is 28.2. The van der Waals surface area contributed by atoms with Crippen LogP contribution in [0.2, 0.25) is 10.0 Å². The molecule has 412 valence electrons. The van der Waals surface area contributed by atoms with Crippen LogP contribution in [0.25, 0.3) is 45.3 Å². The molecular formula is C58H75Cl2N11O6. The van der Waals surface area contributed by atoms with Gasteiger partial charge in [-0.15, -0.1) is 0 Å². The highest BCUT2D eigenvalue weighted by Gasteiger charge is 2.38. The predicted octanol–water partition coefficient (Wildman–Crippen LogP) is 10.7. The number of aliphatic hydroxyl groups excluding tert-OH is 1. The number of nitrogens with one attached hydrogen (secondary N) is 2. The average molecular weight is 1090 g/mol. The number of benzene rings is 2. The summed E-state index contributed by atoms with van der Waals surface area (Å²) in [5.74, 6) is 5.41. The van der Waals surface area contributed by atoms with Crippen molar-refractivity contribution in [1.82, 2.24) is 44.9 Å². The molecule has 3 saturated heterocycles. The molecule has 77 heavy (non-hydrogen) atoms. The van der Waals surface area contributed by atoms with Gasteiger partial charge in [-0.2, -0.15) is 0 Å². The summed E-state index contributed by atoms with van der Waals surface area (Å²) >= 11 is 13.4. The monoisotopic (exact) mass is 1090 g/mol. The van der Waals surface area contributed by atoms with Gasteiger partial charge in [0.1, 0.15) is 60.1 Å². The van der Waals surface area contributed by atoms with Crippen LogP contribution in [0.3, 0.4) is 0 Å². The van der Waals surface area contributed by atoms with E-state index in [-0.39, 0.29) is 12.7 Å². The highest BCUT2D eigenvalue weighted by atomic mass is 35.5. The summed E-state index contributed by atoms with van der Waals surface area (Å²) in [7, 11) is 3.83. The molecule has 3 aliphatic heterocycles. The first-order valence-electron chi connectivity index (χ1n) is 27.5. The number of hydrogen-bond acceptors (Lipinski definition) is 17. The second kappa shape index (κ2) is 23.5. The Morgan fingerprint density at radius 1 is 0.675 bits per heavy atom. The molecule has 2 saturated carbocycles. The molecule has 11 rings (SSSR count). The zero-order valence-corrected chi connectivity index (χ0v) is 47.8. The number of rotatable bonds is 18. The third-order valence-electron chi connectivity index (χ3n) is 15.6. The molecule has 6 aromatic rings. The molecule has 0 spiro atoms. The Balaban J connectivity index is 0.000000175. The van der Waals surface area contributed by atoms with Crippen LogP contribution in [0.5, 0.6) is 11.5 Å². The highest BCUT2D eigenvalue weighted by molar-refractivity contribution is 6.33. The quantitative estimate of drug-likeness (QED) is 0.0689. The molecule has 2 aromatic carbocycles. The molecule has 4 aromatic heterocycles. The van der Waals surface area contributed by atoms with Gasteiger partial charge >= 0.3 is 0 Å². The number of hydrogen-bond donors (Lipinski definition) is 3. The van der Waals surface area contributed by atoms with Crippen molar-refractivity contribution in [2.75, 3.05) is 64.2 Å². The van der Waals surface area contributed by atoms with E-state index >= 15 is 0 Å². The van der Waals surface area contributed by atoms with E-state index in [9.17, 15) is 5.11 Å².